The van der Waals surface area contributed by atoms with Gasteiger partial charge in [0.25, 0.3) is 6.29 Å². The summed E-state index contributed by atoms with van der Waals surface area (Å²) >= 11 is 0. The first-order valence-electron chi connectivity index (χ1n) is 8.09. The summed E-state index contributed by atoms with van der Waals surface area (Å²) in [6.45, 7) is 0.0885. The predicted molar refractivity (Wildman–Crippen MR) is 89.6 cm³/mol. The van der Waals surface area contributed by atoms with Crippen LogP contribution in [0.2, 0.25) is 0 Å². The number of aliphatic hydroxyl groups is 1. The summed E-state index contributed by atoms with van der Waals surface area (Å²) in [6.07, 6.45) is -0.283. The highest BCUT2D eigenvalue weighted by Crippen LogP contribution is 2.22. The van der Waals surface area contributed by atoms with Gasteiger partial charge in [-0.3, -0.25) is 4.79 Å². The van der Waals surface area contributed by atoms with Gasteiger partial charge in [0.05, 0.1) is 12.7 Å². The topological polar surface area (TPSA) is 96.2 Å². The van der Waals surface area contributed by atoms with Gasteiger partial charge in [0.15, 0.2) is 0 Å². The molecule has 1 saturated heterocycles. The Morgan fingerprint density at radius 3 is 2.28 bits per heavy atom. The Kier molecular flexibility index (Phi) is 5.21. The van der Waals surface area contributed by atoms with Gasteiger partial charge in [0.2, 0.25) is 5.78 Å². The normalized spacial score (nSPS) is 20.4. The molecule has 25 heavy (non-hydrogen) atoms. The first-order valence-corrected chi connectivity index (χ1v) is 8.09. The SMILES string of the molecule is O=C1C[C@H](O)CO[C@@H]1Oc1ccc(CCc2cc(O)cc(O)c2)cc1. The maximum Gasteiger partial charge on any atom is 0.260 e. The minimum atomic E-state index is -0.968. The van der Waals surface area contributed by atoms with Crippen molar-refractivity contribution in [2.45, 2.75) is 31.7 Å². The predicted octanol–water partition coefficient (Wildman–Crippen LogP) is 1.94. The Balaban J connectivity index is 1.56. The van der Waals surface area contributed by atoms with Crippen molar-refractivity contribution in [3.63, 3.8) is 0 Å². The van der Waals surface area contributed by atoms with Crippen LogP contribution < -0.4 is 4.74 Å². The van der Waals surface area contributed by atoms with Crippen LogP contribution in [0, 0.1) is 0 Å². The number of aliphatic hydroxyl groups excluding tert-OH is 1. The fourth-order valence-electron chi connectivity index (χ4n) is 2.73. The maximum atomic E-state index is 11.7. The van der Waals surface area contributed by atoms with E-state index < -0.39 is 12.4 Å². The van der Waals surface area contributed by atoms with E-state index in [-0.39, 0.29) is 30.3 Å². The molecule has 0 radical (unpaired) electrons. The van der Waals surface area contributed by atoms with Gasteiger partial charge in [-0.25, -0.2) is 0 Å². The van der Waals surface area contributed by atoms with Gasteiger partial charge in [-0.15, -0.1) is 0 Å². The van der Waals surface area contributed by atoms with Crippen molar-refractivity contribution in [2.75, 3.05) is 6.61 Å². The van der Waals surface area contributed by atoms with Gasteiger partial charge in [-0.1, -0.05) is 12.1 Å². The minimum Gasteiger partial charge on any atom is -0.508 e. The van der Waals surface area contributed by atoms with Gasteiger partial charge in [0.1, 0.15) is 17.2 Å². The summed E-state index contributed by atoms with van der Waals surface area (Å²) in [4.78, 5) is 11.7. The first kappa shape index (κ1) is 17.3. The Bertz CT molecular complexity index is 720. The summed E-state index contributed by atoms with van der Waals surface area (Å²) in [6, 6.07) is 11.8. The van der Waals surface area contributed by atoms with Crippen LogP contribution in [0.5, 0.6) is 17.2 Å². The number of hydrogen-bond acceptors (Lipinski definition) is 6. The van der Waals surface area contributed by atoms with E-state index in [1.807, 2.05) is 12.1 Å². The third-order valence-electron chi connectivity index (χ3n) is 3.97. The molecule has 0 aliphatic carbocycles. The van der Waals surface area contributed by atoms with E-state index in [0.29, 0.717) is 12.2 Å². The number of phenolic OH excluding ortho intramolecular Hbond substituents is 2. The van der Waals surface area contributed by atoms with Crippen LogP contribution in [0.3, 0.4) is 0 Å². The van der Waals surface area contributed by atoms with E-state index in [9.17, 15) is 20.1 Å². The molecule has 1 fully saturated rings. The second-order valence-electron chi connectivity index (χ2n) is 6.11. The van der Waals surface area contributed by atoms with Crippen molar-refractivity contribution in [2.24, 2.45) is 0 Å². The molecule has 6 heteroatoms. The van der Waals surface area contributed by atoms with E-state index in [1.54, 1.807) is 24.3 Å². The molecule has 0 unspecified atom stereocenters. The number of carbonyl (C=O) groups is 1. The molecule has 2 aromatic carbocycles. The van der Waals surface area contributed by atoms with Crippen LogP contribution in [0.4, 0.5) is 0 Å². The number of ketones is 1. The Morgan fingerprint density at radius 1 is 1.00 bits per heavy atom. The van der Waals surface area contributed by atoms with Crippen molar-refractivity contribution >= 4 is 5.78 Å². The molecule has 3 rings (SSSR count). The molecule has 1 aliphatic rings. The van der Waals surface area contributed by atoms with Crippen molar-refractivity contribution in [1.82, 2.24) is 0 Å². The summed E-state index contributed by atoms with van der Waals surface area (Å²) in [5.74, 6) is 0.335. The number of ether oxygens (including phenoxy) is 2. The highest BCUT2D eigenvalue weighted by Gasteiger charge is 2.29. The molecular formula is C19H20O6. The first-order chi connectivity index (χ1) is 12.0. The molecule has 132 valence electrons. The molecule has 0 amide bonds. The van der Waals surface area contributed by atoms with E-state index in [2.05, 4.69) is 0 Å². The molecule has 0 spiro atoms. The lowest BCUT2D eigenvalue weighted by molar-refractivity contribution is -0.170. The number of carbonyl (C=O) groups excluding carboxylic acids is 1. The molecule has 1 aliphatic heterocycles. The standard InChI is InChI=1S/C19H20O6/c20-14-7-13(8-15(21)9-14)2-1-12-3-5-17(6-4-12)25-19-18(23)10-16(22)11-24-19/h3-9,16,19-22H,1-2,10-11H2/t16-,19+/m0/s1. The molecule has 2 aromatic rings. The number of aryl methyl sites for hydroxylation is 2. The fourth-order valence-corrected chi connectivity index (χ4v) is 2.73. The van der Waals surface area contributed by atoms with Gasteiger partial charge in [-0.2, -0.15) is 0 Å². The third-order valence-corrected chi connectivity index (χ3v) is 3.97. The molecule has 3 N–H and O–H groups in total. The van der Waals surface area contributed by atoms with E-state index >= 15 is 0 Å². The zero-order valence-corrected chi connectivity index (χ0v) is 13.6. The highest BCUT2D eigenvalue weighted by atomic mass is 16.7. The van der Waals surface area contributed by atoms with E-state index in [1.165, 1.54) is 6.07 Å². The van der Waals surface area contributed by atoms with Crippen LogP contribution in [-0.2, 0) is 22.4 Å². The fraction of sp³-hybridized carbons (Fsp3) is 0.316. The van der Waals surface area contributed by atoms with Gasteiger partial charge in [0, 0.05) is 12.5 Å². The zero-order valence-electron chi connectivity index (χ0n) is 13.6. The zero-order chi connectivity index (χ0) is 17.8. The van der Waals surface area contributed by atoms with Crippen LogP contribution >= 0.6 is 0 Å². The summed E-state index contributed by atoms with van der Waals surface area (Å²) in [7, 11) is 0. The van der Waals surface area contributed by atoms with Gasteiger partial charge >= 0.3 is 0 Å². The lowest BCUT2D eigenvalue weighted by Crippen LogP contribution is -2.41. The molecular weight excluding hydrogens is 324 g/mol. The smallest absolute Gasteiger partial charge is 0.260 e. The summed E-state index contributed by atoms with van der Waals surface area (Å²) in [5.41, 5.74) is 1.90. The Hall–Kier alpha value is -2.57. The summed E-state index contributed by atoms with van der Waals surface area (Å²) < 4.78 is 10.7. The molecule has 0 bridgehead atoms. The number of phenols is 2. The maximum absolute atomic E-state index is 11.7. The second-order valence-corrected chi connectivity index (χ2v) is 6.11. The quantitative estimate of drug-likeness (QED) is 0.767. The van der Waals surface area contributed by atoms with Crippen LogP contribution in [-0.4, -0.2) is 40.1 Å². The lowest BCUT2D eigenvalue weighted by Gasteiger charge is -2.25. The highest BCUT2D eigenvalue weighted by molar-refractivity contribution is 5.83. The van der Waals surface area contributed by atoms with Crippen LogP contribution in [0.25, 0.3) is 0 Å². The number of rotatable bonds is 5. The number of Topliss-reactive ketones (excluding diaryl/α,β-unsaturated/α-hetero) is 1. The van der Waals surface area contributed by atoms with Crippen molar-refractivity contribution in [3.05, 3.63) is 53.6 Å². The summed E-state index contributed by atoms with van der Waals surface area (Å²) in [5, 5.41) is 28.3. The largest absolute Gasteiger partial charge is 0.508 e. The van der Waals surface area contributed by atoms with Gasteiger partial charge in [-0.05, 0) is 48.2 Å². The number of hydrogen-bond donors (Lipinski definition) is 3. The third kappa shape index (κ3) is 4.71. The lowest BCUT2D eigenvalue weighted by atomic mass is 10.0. The molecule has 1 heterocycles. The minimum absolute atomic E-state index is 0.0412. The van der Waals surface area contributed by atoms with Gasteiger partial charge < -0.3 is 24.8 Å². The average molecular weight is 344 g/mol. The molecule has 6 nitrogen and oxygen atoms in total. The van der Waals surface area contributed by atoms with E-state index in [0.717, 1.165) is 17.5 Å². The number of aromatic hydroxyl groups is 2. The number of benzene rings is 2. The van der Waals surface area contributed by atoms with Crippen molar-refractivity contribution in [3.8, 4) is 17.2 Å². The molecule has 2 atom stereocenters. The van der Waals surface area contributed by atoms with Crippen LogP contribution in [0.1, 0.15) is 17.5 Å². The molecule has 0 aromatic heterocycles. The Morgan fingerprint density at radius 2 is 1.64 bits per heavy atom. The van der Waals surface area contributed by atoms with Crippen LogP contribution in [0.15, 0.2) is 42.5 Å². The van der Waals surface area contributed by atoms with Crippen molar-refractivity contribution in [1.29, 1.82) is 0 Å². The molecule has 0 saturated carbocycles. The van der Waals surface area contributed by atoms with Crippen molar-refractivity contribution < 1.29 is 29.6 Å². The average Bonchev–Trinajstić information content (AvgIpc) is 2.56. The monoisotopic (exact) mass is 344 g/mol. The van der Waals surface area contributed by atoms with E-state index in [4.69, 9.17) is 9.47 Å². The second kappa shape index (κ2) is 7.55. The Labute approximate surface area is 145 Å².